The van der Waals surface area contributed by atoms with Gasteiger partial charge in [0, 0.05) is 62.4 Å². The molecule has 1 atom stereocenters. The molecule has 6 rings (SSSR count). The highest BCUT2D eigenvalue weighted by molar-refractivity contribution is 7.19. The van der Waals surface area contributed by atoms with Crippen molar-refractivity contribution in [3.05, 3.63) is 77.3 Å². The van der Waals surface area contributed by atoms with Crippen molar-refractivity contribution in [3.8, 4) is 23.3 Å². The molecule has 0 radical (unpaired) electrons. The van der Waals surface area contributed by atoms with Crippen LogP contribution in [0.5, 0.6) is 11.5 Å². The topological polar surface area (TPSA) is 78.0 Å². The second-order valence-electron chi connectivity index (χ2n) is 11.2. The lowest BCUT2D eigenvalue weighted by Crippen LogP contribution is -2.44. The number of likely N-dealkylation sites (N-methyl/N-ethyl adjacent to an activating group) is 1. The molecular formula is C33H31F2N5O3S. The smallest absolute Gasteiger partial charge is 0.242 e. The van der Waals surface area contributed by atoms with Crippen molar-refractivity contribution in [3.63, 3.8) is 0 Å². The molecule has 1 unspecified atom stereocenters. The number of rotatable bonds is 6. The van der Waals surface area contributed by atoms with E-state index in [1.54, 1.807) is 19.2 Å². The summed E-state index contributed by atoms with van der Waals surface area (Å²) in [5.74, 6) is 4.88. The number of nitrogens with one attached hydrogen (secondary N) is 1. The molecule has 2 fully saturated rings. The number of anilines is 2. The van der Waals surface area contributed by atoms with Crippen LogP contribution in [-0.4, -0.2) is 72.9 Å². The van der Waals surface area contributed by atoms with E-state index in [0.29, 0.717) is 30.0 Å². The molecule has 0 saturated carbocycles. The predicted octanol–water partition coefficient (Wildman–Crippen LogP) is 5.35. The summed E-state index contributed by atoms with van der Waals surface area (Å²) in [7, 11) is 2.12. The van der Waals surface area contributed by atoms with E-state index in [1.165, 1.54) is 52.6 Å². The highest BCUT2D eigenvalue weighted by atomic mass is 32.1. The molecule has 2 aliphatic heterocycles. The third-order valence-corrected chi connectivity index (χ3v) is 9.14. The van der Waals surface area contributed by atoms with Gasteiger partial charge in [-0.15, -0.1) is 11.3 Å². The standard InChI is InChI=1S/C33H31F2N5O3S/c1-33(12-15-40(32(33)42)24-8-5-22(34)6-9-24)31(41)37-23-7-10-28(26(35)20-23)43-29-11-13-36-27-21-25(44-30(27)29)4-3-14-39-18-16-38(2)17-19-39/h5-11,13,20-21H,12,14-19H2,1-2H3,(H,37,41). The Bertz CT molecular complexity index is 1780. The Morgan fingerprint density at radius 3 is 2.57 bits per heavy atom. The van der Waals surface area contributed by atoms with Gasteiger partial charge in [-0.3, -0.25) is 19.5 Å². The van der Waals surface area contributed by atoms with Gasteiger partial charge in [0.2, 0.25) is 11.8 Å². The summed E-state index contributed by atoms with van der Waals surface area (Å²) in [5.41, 5.74) is 0.0709. The molecule has 0 spiro atoms. The number of hydrogen-bond acceptors (Lipinski definition) is 7. The number of nitrogens with zero attached hydrogens (tertiary/aromatic N) is 4. The van der Waals surface area contributed by atoms with Crippen LogP contribution in [0.15, 0.2) is 60.8 Å². The molecule has 2 aliphatic rings. The van der Waals surface area contributed by atoms with E-state index < -0.39 is 28.9 Å². The monoisotopic (exact) mass is 615 g/mol. The molecule has 0 aliphatic carbocycles. The molecular weight excluding hydrogens is 584 g/mol. The first-order valence-electron chi connectivity index (χ1n) is 14.3. The molecule has 11 heteroatoms. The van der Waals surface area contributed by atoms with Crippen molar-refractivity contribution in [1.29, 1.82) is 0 Å². The quantitative estimate of drug-likeness (QED) is 0.233. The first-order valence-corrected chi connectivity index (χ1v) is 15.2. The normalized spacial score (nSPS) is 19.2. The highest BCUT2D eigenvalue weighted by Crippen LogP contribution is 2.38. The van der Waals surface area contributed by atoms with Gasteiger partial charge in [0.25, 0.3) is 0 Å². The summed E-state index contributed by atoms with van der Waals surface area (Å²) in [5, 5.41) is 2.68. The van der Waals surface area contributed by atoms with Gasteiger partial charge in [-0.25, -0.2) is 8.78 Å². The molecule has 8 nitrogen and oxygen atoms in total. The van der Waals surface area contributed by atoms with E-state index in [4.69, 9.17) is 4.74 Å². The van der Waals surface area contributed by atoms with Gasteiger partial charge < -0.3 is 19.9 Å². The molecule has 4 heterocycles. The van der Waals surface area contributed by atoms with Crippen molar-refractivity contribution in [1.82, 2.24) is 14.8 Å². The average molecular weight is 616 g/mol. The Kier molecular flexibility index (Phi) is 8.31. The fourth-order valence-electron chi connectivity index (χ4n) is 5.27. The molecule has 2 aromatic heterocycles. The van der Waals surface area contributed by atoms with Crippen molar-refractivity contribution < 1.29 is 23.1 Å². The maximum Gasteiger partial charge on any atom is 0.242 e. The fourth-order valence-corrected chi connectivity index (χ4v) is 6.21. The maximum atomic E-state index is 15.2. The number of fused-ring (bicyclic) bond motifs is 1. The number of pyridine rings is 1. The van der Waals surface area contributed by atoms with E-state index in [0.717, 1.165) is 41.8 Å². The van der Waals surface area contributed by atoms with E-state index in [9.17, 15) is 14.0 Å². The Morgan fingerprint density at radius 2 is 1.82 bits per heavy atom. The van der Waals surface area contributed by atoms with Crippen molar-refractivity contribution in [2.45, 2.75) is 13.3 Å². The number of piperazine rings is 1. The van der Waals surface area contributed by atoms with Crippen LogP contribution in [0.4, 0.5) is 20.2 Å². The lowest BCUT2D eigenvalue weighted by molar-refractivity contribution is -0.135. The van der Waals surface area contributed by atoms with Crippen LogP contribution in [0.1, 0.15) is 18.2 Å². The van der Waals surface area contributed by atoms with Gasteiger partial charge >= 0.3 is 0 Å². The Hall–Kier alpha value is -4.37. The lowest BCUT2D eigenvalue weighted by atomic mass is 9.87. The molecule has 2 aromatic carbocycles. The Labute approximate surface area is 258 Å². The SMILES string of the molecule is CN1CCN(CC#Cc2cc3nccc(Oc4ccc(NC(=O)C5(C)CCN(c6ccc(F)cc6)C5=O)cc4F)c3s2)CC1. The number of ether oxygens (including phenoxy) is 1. The van der Waals surface area contributed by atoms with Gasteiger partial charge in [-0.2, -0.15) is 0 Å². The zero-order valence-electron chi connectivity index (χ0n) is 24.4. The molecule has 2 amide bonds. The lowest BCUT2D eigenvalue weighted by Gasteiger charge is -2.30. The highest BCUT2D eigenvalue weighted by Gasteiger charge is 2.49. The van der Waals surface area contributed by atoms with Gasteiger partial charge in [0.1, 0.15) is 17.0 Å². The van der Waals surface area contributed by atoms with Crippen molar-refractivity contribution in [2.75, 3.05) is 56.5 Å². The van der Waals surface area contributed by atoms with E-state index in [1.807, 2.05) is 6.07 Å². The number of benzene rings is 2. The first-order chi connectivity index (χ1) is 21.2. The molecule has 44 heavy (non-hydrogen) atoms. The van der Waals surface area contributed by atoms with Crippen LogP contribution in [-0.2, 0) is 9.59 Å². The minimum Gasteiger partial charge on any atom is -0.453 e. The van der Waals surface area contributed by atoms with Gasteiger partial charge in [-0.1, -0.05) is 11.8 Å². The van der Waals surface area contributed by atoms with Crippen LogP contribution >= 0.6 is 11.3 Å². The van der Waals surface area contributed by atoms with Gasteiger partial charge in [0.05, 0.1) is 21.6 Å². The molecule has 2 saturated heterocycles. The summed E-state index contributed by atoms with van der Waals surface area (Å²) in [4.78, 5) is 37.7. The third kappa shape index (κ3) is 6.15. The summed E-state index contributed by atoms with van der Waals surface area (Å²) in [6.45, 7) is 6.64. The Balaban J connectivity index is 1.12. The number of amides is 2. The zero-order chi connectivity index (χ0) is 30.8. The van der Waals surface area contributed by atoms with Crippen molar-refractivity contribution >= 4 is 44.7 Å². The third-order valence-electron chi connectivity index (χ3n) is 8.09. The van der Waals surface area contributed by atoms with Crippen molar-refractivity contribution in [2.24, 2.45) is 5.41 Å². The van der Waals surface area contributed by atoms with E-state index in [2.05, 4.69) is 39.0 Å². The minimum absolute atomic E-state index is 0.0164. The second kappa shape index (κ2) is 12.3. The van der Waals surface area contributed by atoms with Gasteiger partial charge in [-0.05, 0) is 62.9 Å². The maximum absolute atomic E-state index is 15.2. The molecule has 0 bridgehead atoms. The van der Waals surface area contributed by atoms with Crippen LogP contribution < -0.4 is 15.0 Å². The number of hydrogen-bond donors (Lipinski definition) is 1. The summed E-state index contributed by atoms with van der Waals surface area (Å²) >= 11 is 1.44. The average Bonchev–Trinajstić information content (AvgIpc) is 3.57. The van der Waals surface area contributed by atoms with Crippen LogP contribution in [0, 0.1) is 28.9 Å². The number of carbonyl (C=O) groups excluding carboxylic acids is 2. The Morgan fingerprint density at radius 1 is 1.05 bits per heavy atom. The number of carbonyl (C=O) groups is 2. The molecule has 1 N–H and O–H groups in total. The van der Waals surface area contributed by atoms with E-state index >= 15 is 4.39 Å². The number of thiophene rings is 1. The van der Waals surface area contributed by atoms with Gasteiger partial charge in [0.15, 0.2) is 11.6 Å². The fraction of sp³-hybridized carbons (Fsp3) is 0.303. The summed E-state index contributed by atoms with van der Waals surface area (Å²) in [6.07, 6.45) is 1.87. The molecule has 4 aromatic rings. The van der Waals surface area contributed by atoms with E-state index in [-0.39, 0.29) is 17.9 Å². The number of halogens is 2. The largest absolute Gasteiger partial charge is 0.453 e. The summed E-state index contributed by atoms with van der Waals surface area (Å²) < 4.78 is 35.2. The minimum atomic E-state index is -1.35. The summed E-state index contributed by atoms with van der Waals surface area (Å²) in [6, 6.07) is 13.2. The van der Waals surface area contributed by atoms with Crippen LogP contribution in [0.25, 0.3) is 10.2 Å². The zero-order valence-corrected chi connectivity index (χ0v) is 25.2. The number of aromatic nitrogens is 1. The molecule has 226 valence electrons. The predicted molar refractivity (Wildman–Crippen MR) is 167 cm³/mol. The van der Waals surface area contributed by atoms with Crippen LogP contribution in [0.3, 0.4) is 0 Å². The second-order valence-corrected chi connectivity index (χ2v) is 12.3. The van der Waals surface area contributed by atoms with Crippen LogP contribution in [0.2, 0.25) is 0 Å². The first kappa shape index (κ1) is 29.7.